The van der Waals surface area contributed by atoms with Crippen LogP contribution in [0.15, 0.2) is 72.8 Å². The van der Waals surface area contributed by atoms with Gasteiger partial charge in [-0.3, -0.25) is 0 Å². The van der Waals surface area contributed by atoms with E-state index in [9.17, 15) is 39.5 Å². The Morgan fingerprint density at radius 2 is 0.706 bits per heavy atom. The molecule has 0 saturated heterocycles. The maximum Gasteiger partial charge on any atom is 0.416 e. The molecule has 0 spiro atoms. The van der Waals surface area contributed by atoms with Crippen molar-refractivity contribution in [1.29, 1.82) is 0 Å². The van der Waals surface area contributed by atoms with E-state index >= 15 is 0 Å². The van der Waals surface area contributed by atoms with E-state index in [4.69, 9.17) is 0 Å². The minimum Gasteiger partial charge on any atom is -0.166 e. The molecule has 0 aromatic heterocycles. The van der Waals surface area contributed by atoms with Gasteiger partial charge >= 0.3 is 18.5 Å². The van der Waals surface area contributed by atoms with Crippen LogP contribution in [0.1, 0.15) is 16.7 Å². The Morgan fingerprint density at radius 3 is 0.882 bits per heavy atom. The molecular formula is C23H18F9PSi. The van der Waals surface area contributed by atoms with Crippen molar-refractivity contribution in [1.82, 2.24) is 0 Å². The largest absolute Gasteiger partial charge is 0.416 e. The highest BCUT2D eigenvalue weighted by atomic mass is 31.0. The second-order valence-electron chi connectivity index (χ2n) is 7.67. The third-order valence-electron chi connectivity index (χ3n) is 5.63. The maximum absolute atomic E-state index is 13.1. The Kier molecular flexibility index (Phi) is 7.25. The molecule has 182 valence electrons. The first-order valence-corrected chi connectivity index (χ1v) is 13.0. The van der Waals surface area contributed by atoms with E-state index in [-0.39, 0.29) is 0 Å². The molecule has 0 bridgehead atoms. The number of rotatable bonds is 5. The Balaban J connectivity index is 2.26. The van der Waals surface area contributed by atoms with Gasteiger partial charge in [0.1, 0.15) is 8.07 Å². The van der Waals surface area contributed by atoms with Crippen LogP contribution in [0.2, 0.25) is 6.04 Å². The van der Waals surface area contributed by atoms with E-state index in [2.05, 4.69) is 9.24 Å². The van der Waals surface area contributed by atoms with Crippen molar-refractivity contribution in [3.8, 4) is 0 Å². The highest BCUT2D eigenvalue weighted by Crippen LogP contribution is 2.31. The molecule has 0 radical (unpaired) electrons. The zero-order valence-corrected chi connectivity index (χ0v) is 19.5. The zero-order valence-electron chi connectivity index (χ0n) is 17.3. The molecule has 1 unspecified atom stereocenters. The normalized spacial score (nSPS) is 13.2. The van der Waals surface area contributed by atoms with Crippen LogP contribution in [-0.4, -0.2) is 14.2 Å². The zero-order chi connectivity index (χ0) is 25.4. The fourth-order valence-corrected chi connectivity index (χ4v) is 9.79. The molecule has 0 saturated carbocycles. The molecule has 1 atom stereocenters. The van der Waals surface area contributed by atoms with Crippen LogP contribution in [0.25, 0.3) is 0 Å². The van der Waals surface area contributed by atoms with E-state index in [1.165, 1.54) is 36.4 Å². The SMILES string of the molecule is FC(F)(F)c1ccc([Si](CCP)(c2ccc(C(F)(F)F)cc2)c2ccc(C(F)(F)F)cc2)cc1. The topological polar surface area (TPSA) is 0 Å². The number of hydrogen-bond donors (Lipinski definition) is 0. The molecule has 34 heavy (non-hydrogen) atoms. The average molecular weight is 524 g/mol. The third kappa shape index (κ3) is 5.33. The standard InChI is InChI=1S/C23H18F9PSi/c24-21(25,26)15-1-7-18(8-2-15)34(14-13-33,19-9-3-16(4-10-19)22(27,28)29)20-11-5-17(6-12-20)23(30,31)32/h1-12H,13-14,33H2. The maximum atomic E-state index is 13.1. The highest BCUT2D eigenvalue weighted by Gasteiger charge is 2.41. The molecule has 3 aromatic rings. The summed E-state index contributed by atoms with van der Waals surface area (Å²) in [7, 11) is -0.818. The second-order valence-corrected chi connectivity index (χ2v) is 12.3. The molecule has 0 fully saturated rings. The van der Waals surface area contributed by atoms with Crippen LogP contribution in [0.5, 0.6) is 0 Å². The molecule has 3 rings (SSSR count). The molecule has 0 aliphatic rings. The molecule has 0 heterocycles. The van der Waals surface area contributed by atoms with Gasteiger partial charge in [-0.15, -0.1) is 9.24 Å². The molecular weight excluding hydrogens is 506 g/mol. The predicted molar refractivity (Wildman–Crippen MR) is 118 cm³/mol. The average Bonchev–Trinajstić information content (AvgIpc) is 2.76. The van der Waals surface area contributed by atoms with Gasteiger partial charge < -0.3 is 0 Å². The van der Waals surface area contributed by atoms with Gasteiger partial charge in [-0.1, -0.05) is 72.8 Å². The summed E-state index contributed by atoms with van der Waals surface area (Å²) in [6.07, 6.45) is -13.3. The fraction of sp³-hybridized carbons (Fsp3) is 0.217. The second kappa shape index (κ2) is 9.38. The lowest BCUT2D eigenvalue weighted by molar-refractivity contribution is -0.138. The first-order chi connectivity index (χ1) is 15.7. The molecule has 0 N–H and O–H groups in total. The lowest BCUT2D eigenvalue weighted by Crippen LogP contribution is -2.67. The molecule has 0 nitrogen and oxygen atoms in total. The van der Waals surface area contributed by atoms with Gasteiger partial charge in [-0.25, -0.2) is 0 Å². The van der Waals surface area contributed by atoms with E-state index in [0.29, 0.717) is 27.8 Å². The van der Waals surface area contributed by atoms with Gasteiger partial charge in [0.25, 0.3) is 0 Å². The number of alkyl halides is 9. The van der Waals surface area contributed by atoms with Gasteiger partial charge in [-0.05, 0) is 27.8 Å². The van der Waals surface area contributed by atoms with Crippen molar-refractivity contribution in [3.63, 3.8) is 0 Å². The van der Waals surface area contributed by atoms with Crippen molar-refractivity contribution in [2.75, 3.05) is 6.16 Å². The van der Waals surface area contributed by atoms with Crippen LogP contribution >= 0.6 is 9.24 Å². The van der Waals surface area contributed by atoms with E-state index in [1.807, 2.05) is 0 Å². The fourth-order valence-electron chi connectivity index (χ4n) is 3.98. The van der Waals surface area contributed by atoms with E-state index in [1.54, 1.807) is 0 Å². The first kappa shape index (κ1) is 26.3. The van der Waals surface area contributed by atoms with Crippen LogP contribution in [0.3, 0.4) is 0 Å². The lowest BCUT2D eigenvalue weighted by Gasteiger charge is -2.34. The van der Waals surface area contributed by atoms with Crippen molar-refractivity contribution >= 4 is 32.9 Å². The van der Waals surface area contributed by atoms with Crippen molar-refractivity contribution in [2.45, 2.75) is 24.6 Å². The summed E-state index contributed by atoms with van der Waals surface area (Å²) < 4.78 is 118. The van der Waals surface area contributed by atoms with E-state index < -0.39 is 43.3 Å². The number of hydrogen-bond acceptors (Lipinski definition) is 0. The van der Waals surface area contributed by atoms with Gasteiger partial charge in [0.2, 0.25) is 0 Å². The predicted octanol–water partition coefficient (Wildman–Crippen LogP) is 6.09. The third-order valence-corrected chi connectivity index (χ3v) is 11.5. The summed E-state index contributed by atoms with van der Waals surface area (Å²) in [5, 5.41) is 1.34. The molecule has 0 aliphatic carbocycles. The number of benzene rings is 3. The Morgan fingerprint density at radius 1 is 0.471 bits per heavy atom. The lowest BCUT2D eigenvalue weighted by atomic mass is 10.2. The van der Waals surface area contributed by atoms with Crippen LogP contribution in [-0.2, 0) is 18.5 Å². The summed E-state index contributed by atoms with van der Waals surface area (Å²) >= 11 is 0. The monoisotopic (exact) mass is 524 g/mol. The summed E-state index contributed by atoms with van der Waals surface area (Å²) in [5.41, 5.74) is -2.69. The molecule has 11 heteroatoms. The van der Waals surface area contributed by atoms with Gasteiger partial charge in [0.15, 0.2) is 0 Å². The minimum atomic E-state index is -4.59. The van der Waals surface area contributed by atoms with Gasteiger partial charge in [0, 0.05) is 0 Å². The summed E-state index contributed by atoms with van der Waals surface area (Å²) in [5.74, 6) is 0. The van der Waals surface area contributed by atoms with Crippen molar-refractivity contribution < 1.29 is 39.5 Å². The summed E-state index contributed by atoms with van der Waals surface area (Å²) in [4.78, 5) is 0. The summed E-state index contributed by atoms with van der Waals surface area (Å²) in [6.45, 7) is 0. The van der Waals surface area contributed by atoms with Crippen molar-refractivity contribution in [2.24, 2.45) is 0 Å². The van der Waals surface area contributed by atoms with Crippen LogP contribution < -0.4 is 15.6 Å². The molecule has 0 amide bonds. The van der Waals surface area contributed by atoms with Gasteiger partial charge in [0.05, 0.1) is 16.7 Å². The Bertz CT molecular complexity index is 959. The smallest absolute Gasteiger partial charge is 0.166 e. The first-order valence-electron chi connectivity index (χ1n) is 9.93. The summed E-state index contributed by atoms with van der Waals surface area (Å²) in [6, 6.07) is 13.2. The van der Waals surface area contributed by atoms with E-state index in [0.717, 1.165) is 36.4 Å². The number of halogens is 9. The van der Waals surface area contributed by atoms with Crippen molar-refractivity contribution in [3.05, 3.63) is 89.5 Å². The quantitative estimate of drug-likeness (QED) is 0.164. The molecule has 0 aliphatic heterocycles. The van der Waals surface area contributed by atoms with Crippen LogP contribution in [0, 0.1) is 0 Å². The van der Waals surface area contributed by atoms with Crippen LogP contribution in [0.4, 0.5) is 39.5 Å². The highest BCUT2D eigenvalue weighted by molar-refractivity contribution is 7.19. The Labute approximate surface area is 193 Å². The Hall–Kier alpha value is -2.32. The minimum absolute atomic E-state index is 0.333. The molecule has 3 aromatic carbocycles. The van der Waals surface area contributed by atoms with Gasteiger partial charge in [-0.2, -0.15) is 39.5 Å².